The number of rotatable bonds is 7. The second kappa shape index (κ2) is 9.17. The highest BCUT2D eigenvalue weighted by Crippen LogP contribution is 2.16. The van der Waals surface area contributed by atoms with E-state index in [9.17, 15) is 14.9 Å². The Bertz CT molecular complexity index is 760. The Morgan fingerprint density at radius 3 is 2.72 bits per heavy atom. The molecule has 0 radical (unpaired) electrons. The molecule has 1 N–H and O–H groups in total. The first-order chi connectivity index (χ1) is 12.1. The van der Waals surface area contributed by atoms with Crippen LogP contribution in [0.15, 0.2) is 48.5 Å². The maximum absolute atomic E-state index is 11.6. The normalized spacial score (nSPS) is 10.6. The molecule has 1 aromatic carbocycles. The van der Waals surface area contributed by atoms with Crippen LogP contribution in [0.4, 0.5) is 10.5 Å². The summed E-state index contributed by atoms with van der Waals surface area (Å²) >= 11 is 0. The molecule has 2 aromatic rings. The highest BCUT2D eigenvalue weighted by Gasteiger charge is 2.10. The molecule has 0 unspecified atom stereocenters. The molecule has 0 aliphatic heterocycles. The molecule has 1 amide bonds. The van der Waals surface area contributed by atoms with Gasteiger partial charge in [0.2, 0.25) is 0 Å². The lowest BCUT2D eigenvalue weighted by Gasteiger charge is -2.05. The van der Waals surface area contributed by atoms with Crippen LogP contribution in [0, 0.1) is 17.0 Å². The number of aromatic nitrogens is 1. The third-order valence-corrected chi connectivity index (χ3v) is 3.36. The summed E-state index contributed by atoms with van der Waals surface area (Å²) in [5, 5.41) is 13.4. The fraction of sp³-hybridized carbons (Fsp3) is 0.222. The standard InChI is InChI=1S/C18H19N3O4/c1-14-17(21(23)24)11-10-16(20-14)9-5-6-12-19-18(22)25-13-15-7-3-2-4-8-15/h2-5,7-11H,6,12-13H2,1H3,(H,19,22). The Kier molecular flexibility index (Phi) is 6.65. The van der Waals surface area contributed by atoms with E-state index in [-0.39, 0.29) is 12.3 Å². The molecule has 0 spiro atoms. The van der Waals surface area contributed by atoms with E-state index in [4.69, 9.17) is 4.74 Å². The molecule has 0 bridgehead atoms. The summed E-state index contributed by atoms with van der Waals surface area (Å²) < 4.78 is 5.09. The van der Waals surface area contributed by atoms with Crippen LogP contribution in [0.2, 0.25) is 0 Å². The van der Waals surface area contributed by atoms with Crippen molar-refractivity contribution < 1.29 is 14.5 Å². The zero-order valence-corrected chi connectivity index (χ0v) is 13.8. The highest BCUT2D eigenvalue weighted by molar-refractivity contribution is 5.67. The molecule has 25 heavy (non-hydrogen) atoms. The Morgan fingerprint density at radius 2 is 2.04 bits per heavy atom. The van der Waals surface area contributed by atoms with Crippen molar-refractivity contribution in [2.75, 3.05) is 6.54 Å². The average molecular weight is 341 g/mol. The van der Waals surface area contributed by atoms with Crippen LogP contribution < -0.4 is 5.32 Å². The van der Waals surface area contributed by atoms with E-state index >= 15 is 0 Å². The van der Waals surface area contributed by atoms with Crippen molar-refractivity contribution in [3.8, 4) is 0 Å². The van der Waals surface area contributed by atoms with Crippen molar-refractivity contribution in [2.45, 2.75) is 20.0 Å². The zero-order chi connectivity index (χ0) is 18.1. The average Bonchev–Trinajstić information content (AvgIpc) is 2.60. The molecule has 0 saturated heterocycles. The van der Waals surface area contributed by atoms with E-state index in [1.807, 2.05) is 36.4 Å². The van der Waals surface area contributed by atoms with Crippen LogP contribution >= 0.6 is 0 Å². The lowest BCUT2D eigenvalue weighted by molar-refractivity contribution is -0.385. The maximum atomic E-state index is 11.6. The van der Waals surface area contributed by atoms with E-state index in [1.54, 1.807) is 19.1 Å². The van der Waals surface area contributed by atoms with Crippen LogP contribution in [-0.2, 0) is 11.3 Å². The summed E-state index contributed by atoms with van der Waals surface area (Å²) in [5.74, 6) is 0. The van der Waals surface area contributed by atoms with Gasteiger partial charge in [-0.15, -0.1) is 0 Å². The van der Waals surface area contributed by atoms with Crippen LogP contribution in [0.5, 0.6) is 0 Å². The number of nitrogens with one attached hydrogen (secondary N) is 1. The number of nitrogens with zero attached hydrogens (tertiary/aromatic N) is 2. The number of ether oxygens (including phenoxy) is 1. The molecule has 7 heteroatoms. The lowest BCUT2D eigenvalue weighted by Crippen LogP contribution is -2.24. The monoisotopic (exact) mass is 341 g/mol. The number of benzene rings is 1. The van der Waals surface area contributed by atoms with Crippen molar-refractivity contribution in [2.24, 2.45) is 0 Å². The fourth-order valence-electron chi connectivity index (χ4n) is 2.09. The van der Waals surface area contributed by atoms with Crippen molar-refractivity contribution in [1.82, 2.24) is 10.3 Å². The number of amides is 1. The van der Waals surface area contributed by atoms with Crippen LogP contribution in [0.3, 0.4) is 0 Å². The van der Waals surface area contributed by atoms with Gasteiger partial charge in [-0.25, -0.2) is 9.78 Å². The van der Waals surface area contributed by atoms with E-state index < -0.39 is 11.0 Å². The highest BCUT2D eigenvalue weighted by atomic mass is 16.6. The number of carbonyl (C=O) groups is 1. The Labute approximate surface area is 145 Å². The molecular formula is C18H19N3O4. The van der Waals surface area contributed by atoms with Gasteiger partial charge in [0.05, 0.1) is 10.6 Å². The smallest absolute Gasteiger partial charge is 0.407 e. The maximum Gasteiger partial charge on any atom is 0.407 e. The molecule has 0 fully saturated rings. The van der Waals surface area contributed by atoms with Gasteiger partial charge < -0.3 is 10.1 Å². The van der Waals surface area contributed by atoms with Gasteiger partial charge in [-0.3, -0.25) is 10.1 Å². The van der Waals surface area contributed by atoms with Crippen LogP contribution in [0.25, 0.3) is 6.08 Å². The number of pyridine rings is 1. The molecule has 0 saturated carbocycles. The first kappa shape index (κ1) is 18.1. The first-order valence-corrected chi connectivity index (χ1v) is 7.79. The summed E-state index contributed by atoms with van der Waals surface area (Å²) in [7, 11) is 0. The number of aryl methyl sites for hydroxylation is 1. The summed E-state index contributed by atoms with van der Waals surface area (Å²) in [6.45, 7) is 2.25. The second-order valence-electron chi connectivity index (χ2n) is 5.28. The first-order valence-electron chi connectivity index (χ1n) is 7.79. The molecule has 1 heterocycles. The number of carbonyl (C=O) groups excluding carboxylic acids is 1. The molecule has 130 valence electrons. The Morgan fingerprint density at radius 1 is 1.28 bits per heavy atom. The van der Waals surface area contributed by atoms with Gasteiger partial charge in [0.15, 0.2) is 0 Å². The van der Waals surface area contributed by atoms with Crippen molar-refractivity contribution in [3.63, 3.8) is 0 Å². The zero-order valence-electron chi connectivity index (χ0n) is 13.8. The third kappa shape index (κ3) is 6.06. The van der Waals surface area contributed by atoms with E-state index in [2.05, 4.69) is 10.3 Å². The number of hydrogen-bond acceptors (Lipinski definition) is 5. The fourth-order valence-corrected chi connectivity index (χ4v) is 2.09. The van der Waals surface area contributed by atoms with Crippen LogP contribution in [-0.4, -0.2) is 22.5 Å². The SMILES string of the molecule is Cc1nc(C=CCCNC(=O)OCc2ccccc2)ccc1[N+](=O)[O-]. The van der Waals surface area contributed by atoms with Crippen molar-refractivity contribution in [3.05, 3.63) is 75.6 Å². The molecule has 0 atom stereocenters. The van der Waals surface area contributed by atoms with E-state index in [0.29, 0.717) is 24.4 Å². The Balaban J connectivity index is 1.70. The number of alkyl carbamates (subject to hydrolysis) is 1. The van der Waals surface area contributed by atoms with Gasteiger partial charge in [0, 0.05) is 12.6 Å². The van der Waals surface area contributed by atoms with Gasteiger partial charge in [-0.2, -0.15) is 0 Å². The predicted octanol–water partition coefficient (Wildman–Crippen LogP) is 3.63. The second-order valence-corrected chi connectivity index (χ2v) is 5.28. The molecule has 0 aliphatic rings. The topological polar surface area (TPSA) is 94.4 Å². The quantitative estimate of drug-likeness (QED) is 0.471. The summed E-state index contributed by atoms with van der Waals surface area (Å²) in [6, 6.07) is 12.5. The minimum absolute atomic E-state index is 0.0000202. The number of hydrogen-bond donors (Lipinski definition) is 1. The summed E-state index contributed by atoms with van der Waals surface area (Å²) in [6.07, 6.45) is 3.72. The van der Waals surface area contributed by atoms with Gasteiger partial charge >= 0.3 is 6.09 Å². The van der Waals surface area contributed by atoms with Gasteiger partial charge in [-0.05, 0) is 31.1 Å². The van der Waals surface area contributed by atoms with Crippen molar-refractivity contribution in [1.29, 1.82) is 0 Å². The third-order valence-electron chi connectivity index (χ3n) is 3.36. The van der Waals surface area contributed by atoms with E-state index in [1.165, 1.54) is 6.07 Å². The van der Waals surface area contributed by atoms with E-state index in [0.717, 1.165) is 5.56 Å². The minimum Gasteiger partial charge on any atom is -0.445 e. The van der Waals surface area contributed by atoms with Gasteiger partial charge in [0.25, 0.3) is 5.69 Å². The van der Waals surface area contributed by atoms with Crippen LogP contribution in [0.1, 0.15) is 23.4 Å². The molecule has 2 rings (SSSR count). The number of nitro groups is 1. The van der Waals surface area contributed by atoms with Gasteiger partial charge in [-0.1, -0.05) is 36.4 Å². The predicted molar refractivity (Wildman–Crippen MR) is 93.9 cm³/mol. The molecule has 1 aromatic heterocycles. The molecule has 0 aliphatic carbocycles. The summed E-state index contributed by atoms with van der Waals surface area (Å²) in [5.41, 5.74) is 1.93. The lowest BCUT2D eigenvalue weighted by atomic mass is 10.2. The minimum atomic E-state index is -0.471. The summed E-state index contributed by atoms with van der Waals surface area (Å²) in [4.78, 5) is 26.0. The van der Waals surface area contributed by atoms with Crippen molar-refractivity contribution >= 4 is 17.9 Å². The van der Waals surface area contributed by atoms with Gasteiger partial charge in [0.1, 0.15) is 12.3 Å². The molecule has 7 nitrogen and oxygen atoms in total. The molecular weight excluding hydrogens is 322 g/mol. The Hall–Kier alpha value is -3.22. The largest absolute Gasteiger partial charge is 0.445 e.